The van der Waals surface area contributed by atoms with Crippen LogP contribution in [0.4, 0.5) is 13.2 Å². The Kier molecular flexibility index (Phi) is 5.20. The lowest BCUT2D eigenvalue weighted by atomic mass is 10.1. The Morgan fingerprint density at radius 3 is 2.62 bits per heavy atom. The highest BCUT2D eigenvalue weighted by molar-refractivity contribution is 7.99. The van der Waals surface area contributed by atoms with Gasteiger partial charge in [-0.2, -0.15) is 24.9 Å². The van der Waals surface area contributed by atoms with Gasteiger partial charge in [0.1, 0.15) is 0 Å². The van der Waals surface area contributed by atoms with E-state index in [0.29, 0.717) is 18.3 Å². The highest BCUT2D eigenvalue weighted by atomic mass is 32.2. The highest BCUT2D eigenvalue weighted by Gasteiger charge is 2.36. The van der Waals surface area contributed by atoms with Crippen LogP contribution in [0.2, 0.25) is 0 Å². The molecule has 128 valence electrons. The van der Waals surface area contributed by atoms with E-state index in [1.807, 2.05) is 11.4 Å². The van der Waals surface area contributed by atoms with E-state index in [-0.39, 0.29) is 5.56 Å². The van der Waals surface area contributed by atoms with Crippen LogP contribution in [0.5, 0.6) is 0 Å². The summed E-state index contributed by atoms with van der Waals surface area (Å²) in [6.45, 7) is 0.943. The molecule has 1 unspecified atom stereocenters. The Morgan fingerprint density at radius 2 is 1.92 bits per heavy atom. The number of rotatable bonds is 2. The summed E-state index contributed by atoms with van der Waals surface area (Å²) in [5.41, 5.74) is -1.12. The van der Waals surface area contributed by atoms with Crippen LogP contribution in [0, 0.1) is 0 Å². The summed E-state index contributed by atoms with van der Waals surface area (Å²) in [5.74, 6) is 0.193. The molecule has 1 atom stereocenters. The summed E-state index contributed by atoms with van der Waals surface area (Å²) in [4.78, 5) is 15.4. The number of hydrogen-bond donors (Lipinski definition) is 0. The van der Waals surface area contributed by atoms with Crippen LogP contribution in [0.25, 0.3) is 0 Å². The van der Waals surface area contributed by atoms with Gasteiger partial charge in [0, 0.05) is 29.0 Å². The number of carbonyl (C=O) groups is 1. The minimum absolute atomic E-state index is 0.260. The van der Waals surface area contributed by atoms with Crippen molar-refractivity contribution < 1.29 is 18.0 Å². The number of amides is 1. The van der Waals surface area contributed by atoms with Crippen LogP contribution in [0.15, 0.2) is 41.8 Å². The molecule has 1 aliphatic rings. The molecule has 24 heavy (non-hydrogen) atoms. The lowest BCUT2D eigenvalue weighted by Gasteiger charge is -2.22. The number of carbonyl (C=O) groups excluding carboxylic acids is 1. The summed E-state index contributed by atoms with van der Waals surface area (Å²) >= 11 is 3.44. The standard InChI is InChI=1S/C17H16F3NOS2/c18-17(19,20)13-5-2-1-4-12(13)16(22)21-8-7-15(24-11-9-21)14-6-3-10-23-14/h1-6,10,15H,7-9,11H2. The van der Waals surface area contributed by atoms with Gasteiger partial charge < -0.3 is 4.90 Å². The average molecular weight is 371 g/mol. The smallest absolute Gasteiger partial charge is 0.338 e. The molecule has 2 nitrogen and oxygen atoms in total. The Morgan fingerprint density at radius 1 is 1.12 bits per heavy atom. The fourth-order valence-electron chi connectivity index (χ4n) is 2.76. The SMILES string of the molecule is O=C(c1ccccc1C(F)(F)F)N1CCSC(c2cccs2)CC1. The Labute approximate surface area is 146 Å². The largest absolute Gasteiger partial charge is 0.417 e. The van der Waals surface area contributed by atoms with Gasteiger partial charge in [-0.25, -0.2) is 0 Å². The molecule has 1 amide bonds. The highest BCUT2D eigenvalue weighted by Crippen LogP contribution is 2.37. The van der Waals surface area contributed by atoms with Crippen LogP contribution in [0.1, 0.15) is 32.5 Å². The van der Waals surface area contributed by atoms with E-state index >= 15 is 0 Å². The molecular weight excluding hydrogens is 355 g/mol. The maximum absolute atomic E-state index is 13.1. The fraction of sp³-hybridized carbons (Fsp3) is 0.353. The molecule has 0 aliphatic carbocycles. The van der Waals surface area contributed by atoms with Crippen molar-refractivity contribution in [2.45, 2.75) is 17.8 Å². The molecule has 0 N–H and O–H groups in total. The lowest BCUT2D eigenvalue weighted by molar-refractivity contribution is -0.138. The van der Waals surface area contributed by atoms with Crippen molar-refractivity contribution in [3.8, 4) is 0 Å². The molecule has 3 rings (SSSR count). The summed E-state index contributed by atoms with van der Waals surface area (Å²) < 4.78 is 39.4. The van der Waals surface area contributed by atoms with Gasteiger partial charge >= 0.3 is 6.18 Å². The van der Waals surface area contributed by atoms with Gasteiger partial charge in [-0.05, 0) is 30.0 Å². The van der Waals surface area contributed by atoms with E-state index in [1.54, 1.807) is 28.0 Å². The number of thiophene rings is 1. The summed E-state index contributed by atoms with van der Waals surface area (Å²) in [5, 5.41) is 2.32. The quantitative estimate of drug-likeness (QED) is 0.733. The molecule has 2 heterocycles. The lowest BCUT2D eigenvalue weighted by Crippen LogP contribution is -2.34. The molecular formula is C17H16F3NOS2. The van der Waals surface area contributed by atoms with Gasteiger partial charge in [-0.1, -0.05) is 18.2 Å². The zero-order chi connectivity index (χ0) is 17.2. The van der Waals surface area contributed by atoms with Crippen molar-refractivity contribution in [1.82, 2.24) is 4.90 Å². The van der Waals surface area contributed by atoms with E-state index in [1.165, 1.54) is 23.1 Å². The molecule has 0 radical (unpaired) electrons. The minimum atomic E-state index is -4.52. The normalized spacial score (nSPS) is 19.1. The average Bonchev–Trinajstić information content (AvgIpc) is 2.98. The maximum Gasteiger partial charge on any atom is 0.417 e. The number of alkyl halides is 3. The van der Waals surface area contributed by atoms with Gasteiger partial charge in [0.15, 0.2) is 0 Å². The third kappa shape index (κ3) is 3.78. The first-order chi connectivity index (χ1) is 11.5. The first kappa shape index (κ1) is 17.4. The fourth-order valence-corrected chi connectivity index (χ4v) is 5.00. The van der Waals surface area contributed by atoms with Gasteiger partial charge in [-0.3, -0.25) is 4.79 Å². The second-order valence-corrected chi connectivity index (χ2v) is 7.79. The Hall–Kier alpha value is -1.47. The second kappa shape index (κ2) is 7.19. The molecule has 1 saturated heterocycles. The van der Waals surface area contributed by atoms with Gasteiger partial charge in [0.25, 0.3) is 5.91 Å². The number of nitrogens with zero attached hydrogens (tertiary/aromatic N) is 1. The van der Waals surface area contributed by atoms with Crippen molar-refractivity contribution in [2.24, 2.45) is 0 Å². The monoisotopic (exact) mass is 371 g/mol. The molecule has 7 heteroatoms. The molecule has 0 spiro atoms. The zero-order valence-corrected chi connectivity index (χ0v) is 14.4. The van der Waals surface area contributed by atoms with Crippen LogP contribution in [-0.4, -0.2) is 29.6 Å². The minimum Gasteiger partial charge on any atom is -0.338 e. The van der Waals surface area contributed by atoms with Crippen LogP contribution >= 0.6 is 23.1 Å². The first-order valence-electron chi connectivity index (χ1n) is 7.57. The van der Waals surface area contributed by atoms with Crippen LogP contribution in [-0.2, 0) is 6.18 Å². The molecule has 1 aromatic heterocycles. The Bertz CT molecular complexity index is 700. The van der Waals surface area contributed by atoms with E-state index in [2.05, 4.69) is 6.07 Å². The molecule has 1 fully saturated rings. The van der Waals surface area contributed by atoms with E-state index in [9.17, 15) is 18.0 Å². The second-order valence-electron chi connectivity index (χ2n) is 5.50. The zero-order valence-electron chi connectivity index (χ0n) is 12.8. The van der Waals surface area contributed by atoms with E-state index in [0.717, 1.165) is 18.2 Å². The van der Waals surface area contributed by atoms with Crippen LogP contribution < -0.4 is 0 Å². The number of hydrogen-bond acceptors (Lipinski definition) is 3. The number of benzene rings is 1. The van der Waals surface area contributed by atoms with E-state index < -0.39 is 17.6 Å². The summed E-state index contributed by atoms with van der Waals surface area (Å²) in [6.07, 6.45) is -3.77. The van der Waals surface area contributed by atoms with Crippen molar-refractivity contribution in [2.75, 3.05) is 18.8 Å². The maximum atomic E-state index is 13.1. The topological polar surface area (TPSA) is 20.3 Å². The van der Waals surface area contributed by atoms with Gasteiger partial charge in [-0.15, -0.1) is 11.3 Å². The van der Waals surface area contributed by atoms with Crippen molar-refractivity contribution in [3.63, 3.8) is 0 Å². The number of thioether (sulfide) groups is 1. The predicted molar refractivity (Wildman–Crippen MR) is 91.5 cm³/mol. The molecule has 0 saturated carbocycles. The van der Waals surface area contributed by atoms with Gasteiger partial charge in [0.05, 0.1) is 11.1 Å². The van der Waals surface area contributed by atoms with Crippen LogP contribution in [0.3, 0.4) is 0 Å². The van der Waals surface area contributed by atoms with Crippen molar-refractivity contribution in [3.05, 3.63) is 57.8 Å². The first-order valence-corrected chi connectivity index (χ1v) is 9.50. The van der Waals surface area contributed by atoms with Crippen molar-refractivity contribution in [1.29, 1.82) is 0 Å². The van der Waals surface area contributed by atoms with Gasteiger partial charge in [0.2, 0.25) is 0 Å². The molecule has 1 aromatic carbocycles. The third-order valence-corrected chi connectivity index (χ3v) is 6.40. The molecule has 0 bridgehead atoms. The third-order valence-electron chi connectivity index (χ3n) is 3.95. The predicted octanol–water partition coefficient (Wildman–Crippen LogP) is 5.09. The van der Waals surface area contributed by atoms with E-state index in [4.69, 9.17) is 0 Å². The Balaban J connectivity index is 1.77. The molecule has 2 aromatic rings. The summed E-state index contributed by atoms with van der Waals surface area (Å²) in [7, 11) is 0. The summed E-state index contributed by atoms with van der Waals surface area (Å²) in [6, 6.07) is 9.08. The number of halogens is 3. The van der Waals surface area contributed by atoms with Crippen molar-refractivity contribution >= 4 is 29.0 Å². The molecule has 1 aliphatic heterocycles.